The quantitative estimate of drug-likeness (QED) is 0.784. The molecule has 1 N–H and O–H groups in total. The summed E-state index contributed by atoms with van der Waals surface area (Å²) >= 11 is 0. The summed E-state index contributed by atoms with van der Waals surface area (Å²) < 4.78 is 0. The maximum atomic E-state index is 12.9. The van der Waals surface area contributed by atoms with Crippen LogP contribution >= 0.6 is 0 Å². The first-order chi connectivity index (χ1) is 13.8. The fourth-order valence-electron chi connectivity index (χ4n) is 5.06. The number of nitrogens with zero attached hydrogens (tertiary/aromatic N) is 2. The minimum atomic E-state index is -0.242. The van der Waals surface area contributed by atoms with E-state index in [1.54, 1.807) is 0 Å². The van der Waals surface area contributed by atoms with E-state index in [0.717, 1.165) is 25.7 Å². The van der Waals surface area contributed by atoms with E-state index in [0.29, 0.717) is 32.1 Å². The van der Waals surface area contributed by atoms with Gasteiger partial charge in [-0.25, -0.2) is 0 Å². The lowest BCUT2D eigenvalue weighted by atomic mass is 9.92. The molecule has 3 rings (SSSR count). The van der Waals surface area contributed by atoms with Crippen LogP contribution < -0.4 is 5.32 Å². The van der Waals surface area contributed by atoms with Crippen molar-refractivity contribution < 1.29 is 14.4 Å². The van der Waals surface area contributed by atoms with Gasteiger partial charge in [0.05, 0.1) is 5.92 Å². The number of amides is 3. The van der Waals surface area contributed by atoms with E-state index in [4.69, 9.17) is 0 Å². The third kappa shape index (κ3) is 5.73. The van der Waals surface area contributed by atoms with Gasteiger partial charge in [0.25, 0.3) is 0 Å². The van der Waals surface area contributed by atoms with Crippen molar-refractivity contribution in [1.82, 2.24) is 15.1 Å². The molecule has 29 heavy (non-hydrogen) atoms. The van der Waals surface area contributed by atoms with Crippen LogP contribution in [0, 0.1) is 11.8 Å². The molecular formula is C23H39N3O3. The number of rotatable bonds is 3. The summed E-state index contributed by atoms with van der Waals surface area (Å²) in [6.07, 6.45) is 10.3. The molecule has 3 fully saturated rings. The van der Waals surface area contributed by atoms with Crippen LogP contribution in [0.25, 0.3) is 0 Å². The maximum Gasteiger partial charge on any atom is 0.227 e. The highest BCUT2D eigenvalue weighted by molar-refractivity contribution is 5.90. The van der Waals surface area contributed by atoms with Crippen molar-refractivity contribution >= 4 is 17.7 Å². The standard InChI is InChI=1S/C23H39N3O3/c1-23(2,3)26-16-18(15-20(26)27)22(29)25-13-11-17(12-14-25)21(28)24-19-9-7-5-4-6-8-10-19/h17-19H,4-16H2,1-3H3,(H,24,28). The van der Waals surface area contributed by atoms with Crippen molar-refractivity contribution in [2.24, 2.45) is 11.8 Å². The molecule has 0 aromatic rings. The molecule has 0 bridgehead atoms. The van der Waals surface area contributed by atoms with Gasteiger partial charge >= 0.3 is 0 Å². The van der Waals surface area contributed by atoms with Crippen LogP contribution in [0.5, 0.6) is 0 Å². The van der Waals surface area contributed by atoms with Crippen molar-refractivity contribution in [2.75, 3.05) is 19.6 Å². The fourth-order valence-corrected chi connectivity index (χ4v) is 5.06. The van der Waals surface area contributed by atoms with Crippen LogP contribution in [0.3, 0.4) is 0 Å². The second-order valence-electron chi connectivity index (χ2n) is 10.2. The highest BCUT2D eigenvalue weighted by Crippen LogP contribution is 2.29. The van der Waals surface area contributed by atoms with Gasteiger partial charge in [-0.15, -0.1) is 0 Å². The molecule has 1 aliphatic carbocycles. The SMILES string of the molecule is CC(C)(C)N1CC(C(=O)N2CCC(C(=O)NC3CCCCCCC3)CC2)CC1=O. The largest absolute Gasteiger partial charge is 0.353 e. The van der Waals surface area contributed by atoms with Gasteiger partial charge in [-0.1, -0.05) is 32.1 Å². The van der Waals surface area contributed by atoms with Crippen LogP contribution in [-0.2, 0) is 14.4 Å². The Balaban J connectivity index is 1.45. The fraction of sp³-hybridized carbons (Fsp3) is 0.870. The highest BCUT2D eigenvalue weighted by atomic mass is 16.2. The Labute approximate surface area is 175 Å². The number of hydrogen-bond donors (Lipinski definition) is 1. The summed E-state index contributed by atoms with van der Waals surface area (Å²) in [6.45, 7) is 7.81. The summed E-state index contributed by atoms with van der Waals surface area (Å²) in [5.74, 6) is 0.119. The average molecular weight is 406 g/mol. The third-order valence-electron chi connectivity index (χ3n) is 6.91. The molecular weight excluding hydrogens is 366 g/mol. The monoisotopic (exact) mass is 405 g/mol. The number of carbonyl (C=O) groups excluding carboxylic acids is 3. The number of nitrogens with one attached hydrogen (secondary N) is 1. The van der Waals surface area contributed by atoms with E-state index in [-0.39, 0.29) is 35.1 Å². The Hall–Kier alpha value is -1.59. The summed E-state index contributed by atoms with van der Waals surface area (Å²) in [4.78, 5) is 41.7. The first-order valence-electron chi connectivity index (χ1n) is 11.7. The Bertz CT molecular complexity index is 597. The lowest BCUT2D eigenvalue weighted by molar-refractivity contribution is -0.139. The normalized spacial score (nSPS) is 25.6. The zero-order chi connectivity index (χ0) is 21.0. The van der Waals surface area contributed by atoms with Crippen LogP contribution in [-0.4, -0.2) is 58.7 Å². The van der Waals surface area contributed by atoms with Crippen LogP contribution in [0.1, 0.15) is 85.0 Å². The summed E-state index contributed by atoms with van der Waals surface area (Å²) in [7, 11) is 0. The first kappa shape index (κ1) is 22.1. The van der Waals surface area contributed by atoms with E-state index in [2.05, 4.69) is 5.32 Å². The Morgan fingerprint density at radius 1 is 0.897 bits per heavy atom. The molecule has 6 nitrogen and oxygen atoms in total. The lowest BCUT2D eigenvalue weighted by Gasteiger charge is -2.35. The van der Waals surface area contributed by atoms with Gasteiger partial charge in [0.1, 0.15) is 0 Å². The Morgan fingerprint density at radius 2 is 1.48 bits per heavy atom. The van der Waals surface area contributed by atoms with Crippen molar-refractivity contribution in [2.45, 2.75) is 96.6 Å². The number of hydrogen-bond acceptors (Lipinski definition) is 3. The van der Waals surface area contributed by atoms with Gasteiger partial charge in [-0.05, 0) is 46.5 Å². The van der Waals surface area contributed by atoms with Crippen LogP contribution in [0.15, 0.2) is 0 Å². The molecule has 1 atom stereocenters. The molecule has 2 aliphatic heterocycles. The van der Waals surface area contributed by atoms with Gasteiger partial charge in [0.15, 0.2) is 0 Å². The van der Waals surface area contributed by atoms with Gasteiger partial charge in [-0.3, -0.25) is 14.4 Å². The van der Waals surface area contributed by atoms with Gasteiger partial charge < -0.3 is 15.1 Å². The van der Waals surface area contributed by atoms with Crippen molar-refractivity contribution in [3.63, 3.8) is 0 Å². The summed E-state index contributed by atoms with van der Waals surface area (Å²) in [5.41, 5.74) is -0.242. The predicted octanol–water partition coefficient (Wildman–Crippen LogP) is 3.10. The molecule has 3 amide bonds. The van der Waals surface area contributed by atoms with E-state index in [1.165, 1.54) is 32.1 Å². The smallest absolute Gasteiger partial charge is 0.227 e. The second-order valence-corrected chi connectivity index (χ2v) is 10.2. The molecule has 1 saturated carbocycles. The van der Waals surface area contributed by atoms with Crippen molar-refractivity contribution in [3.8, 4) is 0 Å². The summed E-state index contributed by atoms with van der Waals surface area (Å²) in [5, 5.41) is 3.29. The predicted molar refractivity (Wildman–Crippen MR) is 113 cm³/mol. The highest BCUT2D eigenvalue weighted by Gasteiger charge is 2.41. The topological polar surface area (TPSA) is 69.7 Å². The molecule has 3 aliphatic rings. The van der Waals surface area contributed by atoms with E-state index >= 15 is 0 Å². The minimum absolute atomic E-state index is 0.0146. The van der Waals surface area contributed by atoms with Gasteiger partial charge in [-0.2, -0.15) is 0 Å². The first-order valence-corrected chi connectivity index (χ1v) is 11.7. The zero-order valence-corrected chi connectivity index (χ0v) is 18.5. The summed E-state index contributed by atoms with van der Waals surface area (Å²) in [6, 6.07) is 0.329. The van der Waals surface area contributed by atoms with Crippen LogP contribution in [0.2, 0.25) is 0 Å². The number of likely N-dealkylation sites (tertiary alicyclic amines) is 2. The zero-order valence-electron chi connectivity index (χ0n) is 18.5. The molecule has 0 spiro atoms. The van der Waals surface area contributed by atoms with Gasteiger partial charge in [0, 0.05) is 43.6 Å². The molecule has 0 radical (unpaired) electrons. The van der Waals surface area contributed by atoms with Gasteiger partial charge in [0.2, 0.25) is 17.7 Å². The molecule has 6 heteroatoms. The molecule has 164 valence electrons. The van der Waals surface area contributed by atoms with Crippen molar-refractivity contribution in [3.05, 3.63) is 0 Å². The third-order valence-corrected chi connectivity index (χ3v) is 6.91. The van der Waals surface area contributed by atoms with E-state index in [9.17, 15) is 14.4 Å². The van der Waals surface area contributed by atoms with Crippen LogP contribution in [0.4, 0.5) is 0 Å². The van der Waals surface area contributed by atoms with Crippen molar-refractivity contribution in [1.29, 1.82) is 0 Å². The molecule has 2 saturated heterocycles. The van der Waals surface area contributed by atoms with E-state index < -0.39 is 0 Å². The second kappa shape index (κ2) is 9.48. The minimum Gasteiger partial charge on any atom is -0.353 e. The Morgan fingerprint density at radius 3 is 2.03 bits per heavy atom. The molecule has 1 unspecified atom stereocenters. The number of piperidine rings is 1. The number of carbonyl (C=O) groups is 3. The molecule has 0 aromatic carbocycles. The molecule has 0 aromatic heterocycles. The molecule has 2 heterocycles. The van der Waals surface area contributed by atoms with E-state index in [1.807, 2.05) is 30.6 Å². The lowest BCUT2D eigenvalue weighted by Crippen LogP contribution is -2.47. The Kier molecular flexibility index (Phi) is 7.23. The maximum absolute atomic E-state index is 12.9. The average Bonchev–Trinajstić information content (AvgIpc) is 3.05.